The minimum absolute atomic E-state index is 0.0483. The topological polar surface area (TPSA) is 156 Å². The van der Waals surface area contributed by atoms with Gasteiger partial charge in [0.05, 0.1) is 24.1 Å². The van der Waals surface area contributed by atoms with E-state index in [4.69, 9.17) is 9.47 Å². The first kappa shape index (κ1) is 29.0. The van der Waals surface area contributed by atoms with Gasteiger partial charge in [-0.15, -0.1) is 5.10 Å². The SMILES string of the molecule is C[C@@H]1CNC(=O)CC/C=C\[C@H]2O[C@]34C=CCN(Cn5nnc6ccccc65)C(=O)[C@H]3N(CCCCO)C(=O)[C@@H]4[C@H]2C(=O)O1. The highest BCUT2D eigenvalue weighted by molar-refractivity contribution is 5.99. The third kappa shape index (κ3) is 5.20. The maximum Gasteiger partial charge on any atom is 0.313 e. The van der Waals surface area contributed by atoms with Crippen molar-refractivity contribution in [2.24, 2.45) is 11.8 Å². The van der Waals surface area contributed by atoms with E-state index in [1.807, 2.05) is 30.3 Å². The number of rotatable bonds is 6. The van der Waals surface area contributed by atoms with E-state index in [2.05, 4.69) is 15.6 Å². The Hall–Kier alpha value is -4.10. The minimum Gasteiger partial charge on any atom is -0.460 e. The van der Waals surface area contributed by atoms with Gasteiger partial charge in [-0.25, -0.2) is 4.68 Å². The molecular formula is C30H36N6O7. The van der Waals surface area contributed by atoms with Crippen LogP contribution in [0, 0.1) is 11.8 Å². The Bertz CT molecular complexity index is 1470. The van der Waals surface area contributed by atoms with Crippen molar-refractivity contribution in [3.63, 3.8) is 0 Å². The van der Waals surface area contributed by atoms with Crippen LogP contribution in [-0.2, 0) is 35.3 Å². The molecule has 228 valence electrons. The second kappa shape index (κ2) is 11.9. The van der Waals surface area contributed by atoms with Crippen molar-refractivity contribution < 1.29 is 33.8 Å². The van der Waals surface area contributed by atoms with Gasteiger partial charge in [-0.1, -0.05) is 41.7 Å². The fourth-order valence-electron chi connectivity index (χ4n) is 6.65. The van der Waals surface area contributed by atoms with Crippen LogP contribution in [0.2, 0.25) is 0 Å². The fourth-order valence-corrected chi connectivity index (χ4v) is 6.65. The van der Waals surface area contributed by atoms with Crippen molar-refractivity contribution in [3.05, 3.63) is 48.6 Å². The van der Waals surface area contributed by atoms with Crippen molar-refractivity contribution in [3.8, 4) is 0 Å². The van der Waals surface area contributed by atoms with Crippen molar-refractivity contribution in [2.75, 3.05) is 26.2 Å². The zero-order valence-electron chi connectivity index (χ0n) is 24.0. The van der Waals surface area contributed by atoms with Crippen LogP contribution >= 0.6 is 0 Å². The van der Waals surface area contributed by atoms with E-state index < -0.39 is 41.7 Å². The molecule has 13 heteroatoms. The molecule has 4 aliphatic heterocycles. The van der Waals surface area contributed by atoms with Gasteiger partial charge in [0.1, 0.15) is 35.9 Å². The second-order valence-corrected chi connectivity index (χ2v) is 11.5. The number of para-hydroxylation sites is 1. The van der Waals surface area contributed by atoms with Crippen LogP contribution < -0.4 is 5.32 Å². The molecule has 6 rings (SSSR count). The number of likely N-dealkylation sites (tertiary alicyclic amines) is 1. The first-order chi connectivity index (χ1) is 20.8. The Balaban J connectivity index is 1.37. The summed E-state index contributed by atoms with van der Waals surface area (Å²) in [5.41, 5.74) is 0.0506. The number of hydrogen-bond acceptors (Lipinski definition) is 9. The molecule has 3 amide bonds. The number of nitrogens with zero attached hydrogens (tertiary/aromatic N) is 5. The number of fused-ring (bicyclic) bond motifs is 3. The summed E-state index contributed by atoms with van der Waals surface area (Å²) in [5.74, 6) is -3.44. The number of carbonyl (C=O) groups is 4. The third-order valence-electron chi connectivity index (χ3n) is 8.65. The molecule has 13 nitrogen and oxygen atoms in total. The van der Waals surface area contributed by atoms with Crippen molar-refractivity contribution in [1.29, 1.82) is 0 Å². The van der Waals surface area contributed by atoms with E-state index in [1.54, 1.807) is 34.7 Å². The molecule has 0 unspecified atom stereocenters. The monoisotopic (exact) mass is 592 g/mol. The molecule has 2 aromatic rings. The molecule has 0 radical (unpaired) electrons. The lowest BCUT2D eigenvalue weighted by Gasteiger charge is -2.35. The number of ether oxygens (including phenoxy) is 2. The number of hydrogen-bond donors (Lipinski definition) is 2. The number of aromatic nitrogens is 3. The Morgan fingerprint density at radius 3 is 2.79 bits per heavy atom. The maximum absolute atomic E-state index is 14.4. The summed E-state index contributed by atoms with van der Waals surface area (Å²) < 4.78 is 14.0. The zero-order valence-corrected chi connectivity index (χ0v) is 24.0. The van der Waals surface area contributed by atoms with Crippen molar-refractivity contribution >= 4 is 34.7 Å². The van der Waals surface area contributed by atoms with Crippen LogP contribution in [-0.4, -0.2) is 104 Å². The van der Waals surface area contributed by atoms with Crippen LogP contribution in [0.25, 0.3) is 11.0 Å². The van der Waals surface area contributed by atoms with E-state index in [-0.39, 0.29) is 57.1 Å². The molecule has 2 N–H and O–H groups in total. The van der Waals surface area contributed by atoms with E-state index in [0.29, 0.717) is 24.8 Å². The Labute approximate surface area is 248 Å². The molecule has 0 bridgehead atoms. The van der Waals surface area contributed by atoms with Crippen LogP contribution in [0.1, 0.15) is 32.6 Å². The average molecular weight is 593 g/mol. The van der Waals surface area contributed by atoms with Gasteiger partial charge in [-0.2, -0.15) is 0 Å². The summed E-state index contributed by atoms with van der Waals surface area (Å²) in [7, 11) is 0. The normalized spacial score (nSPS) is 31.9. The number of amides is 3. The first-order valence-electron chi connectivity index (χ1n) is 14.8. The molecule has 0 saturated carbocycles. The number of allylic oxidation sites excluding steroid dienone is 1. The van der Waals surface area contributed by atoms with Crippen LogP contribution in [0.3, 0.4) is 0 Å². The van der Waals surface area contributed by atoms with Gasteiger partial charge >= 0.3 is 5.97 Å². The summed E-state index contributed by atoms with van der Waals surface area (Å²) in [4.78, 5) is 57.7. The van der Waals surface area contributed by atoms with Gasteiger partial charge in [-0.3, -0.25) is 19.2 Å². The number of nitrogens with one attached hydrogen (secondary N) is 1. The quantitative estimate of drug-likeness (QED) is 0.278. The summed E-state index contributed by atoms with van der Waals surface area (Å²) in [5, 5.41) is 20.6. The molecule has 1 aromatic heterocycles. The summed E-state index contributed by atoms with van der Waals surface area (Å²) in [6.07, 6.45) is 7.22. The third-order valence-corrected chi connectivity index (χ3v) is 8.65. The van der Waals surface area contributed by atoms with E-state index in [9.17, 15) is 24.3 Å². The molecular weight excluding hydrogens is 556 g/mol. The number of aliphatic hydroxyl groups is 1. The number of benzene rings is 1. The standard InChI is InChI=1S/C30H36N6O7/c1-19-17-31-23(38)12-5-4-11-22-24(29(41)42-19)25-27(39)35(15-6-7-16-37)26-28(40)34(14-8-13-30(25,26)43-22)18-36-21-10-3-2-9-20(21)32-33-36/h2-4,8-11,13,19,22,24-26,37H,5-7,12,14-18H2,1H3,(H,31,38)/b11-4-/t19-,22-,24+,25+,26-,30+/m1/s1. The highest BCUT2D eigenvalue weighted by Gasteiger charge is 2.71. The average Bonchev–Trinajstić information content (AvgIpc) is 3.58. The molecule has 0 aliphatic carbocycles. The Morgan fingerprint density at radius 1 is 1.12 bits per heavy atom. The van der Waals surface area contributed by atoms with Crippen LogP contribution in [0.4, 0.5) is 0 Å². The van der Waals surface area contributed by atoms with Crippen molar-refractivity contribution in [1.82, 2.24) is 30.1 Å². The molecule has 4 aliphatic rings. The lowest BCUT2D eigenvalue weighted by Crippen LogP contribution is -2.55. The summed E-state index contributed by atoms with van der Waals surface area (Å²) >= 11 is 0. The van der Waals surface area contributed by atoms with Crippen LogP contribution in [0.15, 0.2) is 48.6 Å². The Morgan fingerprint density at radius 2 is 1.95 bits per heavy atom. The predicted molar refractivity (Wildman–Crippen MR) is 152 cm³/mol. The lowest BCUT2D eigenvalue weighted by molar-refractivity contribution is -0.159. The fraction of sp³-hybridized carbons (Fsp3) is 0.533. The van der Waals surface area contributed by atoms with Gasteiger partial charge in [0, 0.05) is 26.1 Å². The molecule has 6 atom stereocenters. The highest BCUT2D eigenvalue weighted by atomic mass is 16.6. The van der Waals surface area contributed by atoms with Gasteiger partial charge in [0.2, 0.25) is 11.8 Å². The van der Waals surface area contributed by atoms with E-state index in [0.717, 1.165) is 5.52 Å². The van der Waals surface area contributed by atoms with Gasteiger partial charge in [-0.05, 0) is 38.3 Å². The Kier molecular flexibility index (Phi) is 8.01. The van der Waals surface area contributed by atoms with Crippen LogP contribution in [0.5, 0.6) is 0 Å². The number of unbranched alkanes of at least 4 members (excludes halogenated alkanes) is 1. The first-order valence-corrected chi connectivity index (χ1v) is 14.8. The molecule has 2 saturated heterocycles. The predicted octanol–water partition coefficient (Wildman–Crippen LogP) is 0.538. The van der Waals surface area contributed by atoms with Gasteiger partial charge in [0.25, 0.3) is 5.91 Å². The summed E-state index contributed by atoms with van der Waals surface area (Å²) in [6, 6.07) is 6.41. The molecule has 1 aromatic carbocycles. The summed E-state index contributed by atoms with van der Waals surface area (Å²) in [6.45, 7) is 2.34. The molecule has 2 fully saturated rings. The highest BCUT2D eigenvalue weighted by Crippen LogP contribution is 2.53. The van der Waals surface area contributed by atoms with Gasteiger partial charge < -0.3 is 29.7 Å². The van der Waals surface area contributed by atoms with E-state index >= 15 is 0 Å². The molecule has 5 heterocycles. The minimum atomic E-state index is -1.41. The second-order valence-electron chi connectivity index (χ2n) is 11.5. The smallest absolute Gasteiger partial charge is 0.313 e. The zero-order chi connectivity index (χ0) is 30.1. The number of carbonyl (C=O) groups excluding carboxylic acids is 4. The molecule has 43 heavy (non-hydrogen) atoms. The van der Waals surface area contributed by atoms with E-state index in [1.165, 1.54) is 4.90 Å². The number of aliphatic hydroxyl groups excluding tert-OH is 1. The number of cyclic esters (lactones) is 1. The molecule has 1 spiro atoms. The van der Waals surface area contributed by atoms with Crippen molar-refractivity contribution in [2.45, 2.75) is 63.1 Å². The number of esters is 1. The largest absolute Gasteiger partial charge is 0.460 e. The maximum atomic E-state index is 14.4. The van der Waals surface area contributed by atoms with Gasteiger partial charge in [0.15, 0.2) is 0 Å². The lowest BCUT2D eigenvalue weighted by atomic mass is 9.78.